The highest BCUT2D eigenvalue weighted by Crippen LogP contribution is 2.13. The number of hydrogen-bond donors (Lipinski definition) is 0. The fraction of sp³-hybridized carbons (Fsp3) is 0. The van der Waals surface area contributed by atoms with Crippen molar-refractivity contribution in [3.63, 3.8) is 0 Å². The highest BCUT2D eigenvalue weighted by atomic mass is 35.5. The first-order valence-corrected chi connectivity index (χ1v) is 11.6. The normalized spacial score (nSPS) is 9.74. The number of carbonyl (C=O) groups excluding carboxylic acids is 4. The van der Waals surface area contributed by atoms with Crippen LogP contribution in [0.25, 0.3) is 0 Å². The van der Waals surface area contributed by atoms with E-state index < -0.39 is 23.9 Å². The Morgan fingerprint density at radius 3 is 0.868 bits per heavy atom. The van der Waals surface area contributed by atoms with Crippen LogP contribution < -0.4 is 0 Å². The van der Waals surface area contributed by atoms with E-state index in [0.29, 0.717) is 21.2 Å². The lowest BCUT2D eigenvalue weighted by Crippen LogP contribution is -2.11. The van der Waals surface area contributed by atoms with Crippen molar-refractivity contribution in [3.8, 4) is 0 Å². The summed E-state index contributed by atoms with van der Waals surface area (Å²) in [5, 5.41) is 0.972. The van der Waals surface area contributed by atoms with Gasteiger partial charge in [-0.3, -0.25) is 0 Å². The maximum absolute atomic E-state index is 11.6. The van der Waals surface area contributed by atoms with E-state index in [1.807, 2.05) is 0 Å². The van der Waals surface area contributed by atoms with Gasteiger partial charge in [0, 0.05) is 10.0 Å². The third-order valence-electron chi connectivity index (χ3n) is 4.56. The van der Waals surface area contributed by atoms with E-state index in [9.17, 15) is 19.2 Å². The second kappa shape index (κ2) is 14.2. The Balaban J connectivity index is 0.000000212. The smallest absolute Gasteiger partial charge is 0.242 e. The minimum Gasteiger partial charge on any atom is -0.242 e. The van der Waals surface area contributed by atoms with Gasteiger partial charge in [-0.1, -0.05) is 59.6 Å². The van der Waals surface area contributed by atoms with Gasteiger partial charge in [0.15, 0.2) is 0 Å². The van der Waals surface area contributed by atoms with Crippen LogP contribution in [-0.2, 0) is 19.6 Å². The van der Waals surface area contributed by atoms with Crippen LogP contribution in [0.3, 0.4) is 0 Å². The zero-order valence-electron chi connectivity index (χ0n) is 19.4. The van der Waals surface area contributed by atoms with Crippen molar-refractivity contribution in [1.29, 1.82) is 0 Å². The number of benzene rings is 4. The predicted molar refractivity (Wildman–Crippen MR) is 137 cm³/mol. The van der Waals surface area contributed by atoms with E-state index in [1.165, 1.54) is 48.5 Å². The van der Waals surface area contributed by atoms with E-state index >= 15 is 0 Å². The molecule has 0 radical (unpaired) electrons. The van der Waals surface area contributed by atoms with Crippen LogP contribution in [0.5, 0.6) is 0 Å². The van der Waals surface area contributed by atoms with Gasteiger partial charge >= 0.3 is 23.9 Å². The standard InChI is InChI=1S/C14H8Cl2O4.C14H10O4/c15-11-5-1-9(2-6-11)13(17)19-20-14(18)10-3-7-12(16)8-4-10;15-13(11-7-3-1-4-8-11)17-18-14(16)12-9-5-2-6-10-12/h1-8H;1-10H. The van der Waals surface area contributed by atoms with Gasteiger partial charge in [-0.05, 0) is 72.8 Å². The van der Waals surface area contributed by atoms with Crippen molar-refractivity contribution in [3.05, 3.63) is 141 Å². The van der Waals surface area contributed by atoms with Gasteiger partial charge in [-0.25, -0.2) is 38.7 Å². The summed E-state index contributed by atoms with van der Waals surface area (Å²) in [7, 11) is 0. The van der Waals surface area contributed by atoms with Crippen LogP contribution in [0.4, 0.5) is 0 Å². The second-order valence-corrected chi connectivity index (χ2v) is 8.10. The van der Waals surface area contributed by atoms with E-state index in [0.717, 1.165) is 0 Å². The van der Waals surface area contributed by atoms with Crippen LogP contribution >= 0.6 is 23.2 Å². The molecule has 0 saturated heterocycles. The van der Waals surface area contributed by atoms with Crippen LogP contribution in [0, 0.1) is 0 Å². The summed E-state index contributed by atoms with van der Waals surface area (Å²) in [5.74, 6) is -2.99. The monoisotopic (exact) mass is 552 g/mol. The average molecular weight is 553 g/mol. The first-order chi connectivity index (χ1) is 18.3. The molecule has 0 atom stereocenters. The Labute approximate surface area is 227 Å². The molecule has 0 aliphatic heterocycles. The van der Waals surface area contributed by atoms with Crippen molar-refractivity contribution in [2.45, 2.75) is 0 Å². The SMILES string of the molecule is O=C(OOC(=O)c1ccc(Cl)cc1)c1ccc(Cl)cc1.O=C(OOC(=O)c1ccccc1)c1ccccc1. The second-order valence-electron chi connectivity index (χ2n) is 7.23. The Morgan fingerprint density at radius 2 is 0.605 bits per heavy atom. The minimum atomic E-state index is -0.788. The first-order valence-electron chi connectivity index (χ1n) is 10.8. The van der Waals surface area contributed by atoms with Gasteiger partial charge in [0.05, 0.1) is 22.3 Å². The lowest BCUT2D eigenvalue weighted by atomic mass is 10.2. The molecule has 0 aromatic heterocycles. The summed E-state index contributed by atoms with van der Waals surface area (Å²) >= 11 is 11.4. The number of hydrogen-bond acceptors (Lipinski definition) is 8. The van der Waals surface area contributed by atoms with E-state index in [1.54, 1.807) is 60.7 Å². The molecule has 0 bridgehead atoms. The Hall–Kier alpha value is -4.66. The fourth-order valence-corrected chi connectivity index (χ4v) is 2.92. The molecule has 8 nitrogen and oxygen atoms in total. The van der Waals surface area contributed by atoms with Crippen LogP contribution in [0.1, 0.15) is 41.4 Å². The molecule has 0 unspecified atom stereocenters. The maximum atomic E-state index is 11.6. The van der Waals surface area contributed by atoms with Gasteiger partial charge in [0.1, 0.15) is 0 Å². The number of carbonyl (C=O) groups is 4. The molecule has 0 fully saturated rings. The molecular formula is C28H18Cl2O8. The third-order valence-corrected chi connectivity index (χ3v) is 5.07. The van der Waals surface area contributed by atoms with Gasteiger partial charge in [-0.15, -0.1) is 0 Å². The zero-order valence-corrected chi connectivity index (χ0v) is 20.9. The van der Waals surface area contributed by atoms with E-state index in [4.69, 9.17) is 23.2 Å². The Bertz CT molecular complexity index is 1270. The zero-order chi connectivity index (χ0) is 27.3. The molecule has 4 rings (SSSR count). The van der Waals surface area contributed by atoms with Crippen LogP contribution in [0.15, 0.2) is 109 Å². The topological polar surface area (TPSA) is 105 Å². The number of rotatable bonds is 4. The summed E-state index contributed by atoms with van der Waals surface area (Å²) in [6.07, 6.45) is 0. The van der Waals surface area contributed by atoms with E-state index in [-0.39, 0.29) is 11.1 Å². The Kier molecular flexibility index (Phi) is 10.4. The highest BCUT2D eigenvalue weighted by Gasteiger charge is 2.14. The van der Waals surface area contributed by atoms with Gasteiger partial charge in [0.25, 0.3) is 0 Å². The summed E-state index contributed by atoms with van der Waals surface area (Å²) < 4.78 is 0. The molecule has 4 aromatic carbocycles. The summed E-state index contributed by atoms with van der Waals surface area (Å²) in [4.78, 5) is 63.9. The molecule has 4 aromatic rings. The molecule has 0 saturated carbocycles. The molecule has 0 N–H and O–H groups in total. The largest absolute Gasteiger partial charge is 0.386 e. The molecule has 0 aliphatic rings. The predicted octanol–water partition coefficient (Wildman–Crippen LogP) is 6.54. The quantitative estimate of drug-likeness (QED) is 0.207. The van der Waals surface area contributed by atoms with Crippen molar-refractivity contribution in [1.82, 2.24) is 0 Å². The van der Waals surface area contributed by atoms with Crippen LogP contribution in [0.2, 0.25) is 10.0 Å². The van der Waals surface area contributed by atoms with E-state index in [2.05, 4.69) is 19.6 Å². The number of halogens is 2. The first kappa shape index (κ1) is 27.9. The van der Waals surface area contributed by atoms with Gasteiger partial charge < -0.3 is 0 Å². The molecular weight excluding hydrogens is 535 g/mol. The molecule has 192 valence electrons. The molecule has 0 aliphatic carbocycles. The van der Waals surface area contributed by atoms with Crippen LogP contribution in [-0.4, -0.2) is 23.9 Å². The lowest BCUT2D eigenvalue weighted by molar-refractivity contribution is -0.187. The van der Waals surface area contributed by atoms with Crippen molar-refractivity contribution >= 4 is 47.1 Å². The highest BCUT2D eigenvalue weighted by molar-refractivity contribution is 6.31. The van der Waals surface area contributed by atoms with Crippen molar-refractivity contribution in [2.24, 2.45) is 0 Å². The molecule has 38 heavy (non-hydrogen) atoms. The fourth-order valence-electron chi connectivity index (χ4n) is 2.66. The average Bonchev–Trinajstić information content (AvgIpc) is 2.96. The maximum Gasteiger partial charge on any atom is 0.386 e. The summed E-state index contributed by atoms with van der Waals surface area (Å²) in [6.45, 7) is 0. The summed E-state index contributed by atoms with van der Waals surface area (Å²) in [6, 6.07) is 28.5. The Morgan fingerprint density at radius 1 is 0.368 bits per heavy atom. The van der Waals surface area contributed by atoms with Crippen molar-refractivity contribution in [2.75, 3.05) is 0 Å². The lowest BCUT2D eigenvalue weighted by Gasteiger charge is -2.03. The molecule has 0 spiro atoms. The molecule has 0 amide bonds. The van der Waals surface area contributed by atoms with Gasteiger partial charge in [0.2, 0.25) is 0 Å². The van der Waals surface area contributed by atoms with Gasteiger partial charge in [-0.2, -0.15) is 0 Å². The molecule has 0 heterocycles. The minimum absolute atomic E-state index is 0.221. The van der Waals surface area contributed by atoms with Crippen molar-refractivity contribution < 1.29 is 38.7 Å². The molecule has 10 heteroatoms. The summed E-state index contributed by atoms with van der Waals surface area (Å²) in [5.41, 5.74) is 1.08. The third kappa shape index (κ3) is 8.77.